The summed E-state index contributed by atoms with van der Waals surface area (Å²) in [4.78, 5) is 4.50. The topological polar surface area (TPSA) is 68.9 Å². The largest absolute Gasteiger partial charge is 0.493 e. The van der Waals surface area contributed by atoms with Gasteiger partial charge in [0.2, 0.25) is 0 Å². The lowest BCUT2D eigenvalue weighted by Gasteiger charge is -2.33. The van der Waals surface area contributed by atoms with Crippen molar-refractivity contribution in [3.05, 3.63) is 18.2 Å². The van der Waals surface area contributed by atoms with Crippen LogP contribution >= 0.6 is 0 Å². The standard InChI is InChI=1S/C18H29N3O2/c1-18(2)9-7-13(8-10-18)12-20-17(19)21-14-5-6-15(22-3)16(11-14)23-4/h5-6,11,13H,7-10,12H2,1-4H3,(H3,19,20,21). The fourth-order valence-corrected chi connectivity index (χ4v) is 2.97. The van der Waals surface area contributed by atoms with Gasteiger partial charge < -0.3 is 20.5 Å². The maximum Gasteiger partial charge on any atom is 0.193 e. The van der Waals surface area contributed by atoms with Gasteiger partial charge in [0.15, 0.2) is 17.5 Å². The minimum Gasteiger partial charge on any atom is -0.493 e. The lowest BCUT2D eigenvalue weighted by atomic mass is 9.73. The van der Waals surface area contributed by atoms with Gasteiger partial charge in [0.1, 0.15) is 0 Å². The van der Waals surface area contributed by atoms with Crippen LogP contribution in [0.4, 0.5) is 5.69 Å². The second-order valence-corrected chi connectivity index (χ2v) is 7.03. The first kappa shape index (κ1) is 17.4. The molecule has 1 aliphatic carbocycles. The van der Waals surface area contributed by atoms with Crippen molar-refractivity contribution in [3.63, 3.8) is 0 Å². The number of nitrogens with two attached hydrogens (primary N) is 1. The molecule has 0 aliphatic heterocycles. The van der Waals surface area contributed by atoms with Crippen molar-refractivity contribution in [3.8, 4) is 11.5 Å². The Morgan fingerprint density at radius 1 is 1.22 bits per heavy atom. The van der Waals surface area contributed by atoms with Crippen molar-refractivity contribution in [1.29, 1.82) is 0 Å². The van der Waals surface area contributed by atoms with Gasteiger partial charge in [0, 0.05) is 18.3 Å². The predicted octanol–water partition coefficient (Wildman–Crippen LogP) is 3.65. The molecule has 1 aliphatic rings. The summed E-state index contributed by atoms with van der Waals surface area (Å²) in [5.41, 5.74) is 7.34. The molecule has 0 bridgehead atoms. The van der Waals surface area contributed by atoms with E-state index in [1.54, 1.807) is 14.2 Å². The van der Waals surface area contributed by atoms with Gasteiger partial charge in [-0.1, -0.05) is 13.8 Å². The van der Waals surface area contributed by atoms with Gasteiger partial charge >= 0.3 is 0 Å². The van der Waals surface area contributed by atoms with E-state index >= 15 is 0 Å². The molecule has 5 nitrogen and oxygen atoms in total. The Labute approximate surface area is 139 Å². The zero-order valence-electron chi connectivity index (χ0n) is 14.7. The zero-order valence-corrected chi connectivity index (χ0v) is 14.7. The summed E-state index contributed by atoms with van der Waals surface area (Å²) in [6.07, 6.45) is 5.02. The van der Waals surface area contributed by atoms with Crippen LogP contribution in [0.2, 0.25) is 0 Å². The summed E-state index contributed by atoms with van der Waals surface area (Å²) in [5.74, 6) is 2.45. The lowest BCUT2D eigenvalue weighted by molar-refractivity contribution is 0.195. The number of benzene rings is 1. The summed E-state index contributed by atoms with van der Waals surface area (Å²) in [5, 5.41) is 3.12. The SMILES string of the molecule is COc1ccc(NC(N)=NCC2CCC(C)(C)CC2)cc1OC. The normalized spacial score (nSPS) is 18.5. The molecule has 1 aromatic carbocycles. The molecule has 1 saturated carbocycles. The number of methoxy groups -OCH3 is 2. The van der Waals surface area contributed by atoms with Gasteiger partial charge in [-0.15, -0.1) is 0 Å². The average Bonchev–Trinajstić information content (AvgIpc) is 2.53. The van der Waals surface area contributed by atoms with Gasteiger partial charge in [0.05, 0.1) is 14.2 Å². The first-order valence-electron chi connectivity index (χ1n) is 8.22. The van der Waals surface area contributed by atoms with Crippen LogP contribution in [-0.2, 0) is 0 Å². The van der Waals surface area contributed by atoms with Gasteiger partial charge in [-0.3, -0.25) is 4.99 Å². The molecule has 128 valence electrons. The summed E-state index contributed by atoms with van der Waals surface area (Å²) in [6.45, 7) is 5.49. The molecule has 1 aromatic rings. The first-order valence-corrected chi connectivity index (χ1v) is 8.22. The van der Waals surface area contributed by atoms with Crippen LogP contribution in [0.3, 0.4) is 0 Å². The molecule has 0 amide bonds. The van der Waals surface area contributed by atoms with Crippen LogP contribution in [0.1, 0.15) is 39.5 Å². The Bertz CT molecular complexity index is 545. The number of ether oxygens (including phenoxy) is 2. The number of nitrogens with zero attached hydrogens (tertiary/aromatic N) is 1. The maximum absolute atomic E-state index is 6.01. The average molecular weight is 319 g/mol. The lowest BCUT2D eigenvalue weighted by Crippen LogP contribution is -2.26. The maximum atomic E-state index is 6.01. The van der Waals surface area contributed by atoms with E-state index in [-0.39, 0.29) is 0 Å². The van der Waals surface area contributed by atoms with Gasteiger partial charge in [-0.2, -0.15) is 0 Å². The van der Waals surface area contributed by atoms with Crippen LogP contribution in [-0.4, -0.2) is 26.7 Å². The number of nitrogens with one attached hydrogen (secondary N) is 1. The molecule has 5 heteroatoms. The third-order valence-corrected chi connectivity index (χ3v) is 4.63. The number of guanidine groups is 1. The predicted molar refractivity (Wildman–Crippen MR) is 95.4 cm³/mol. The molecule has 0 heterocycles. The fraction of sp³-hybridized carbons (Fsp3) is 0.611. The Morgan fingerprint density at radius 3 is 2.48 bits per heavy atom. The Kier molecular flexibility index (Phi) is 5.74. The molecule has 2 rings (SSSR count). The molecule has 0 unspecified atom stereocenters. The molecule has 0 radical (unpaired) electrons. The Hall–Kier alpha value is -1.91. The van der Waals surface area contributed by atoms with E-state index in [0.29, 0.717) is 28.8 Å². The van der Waals surface area contributed by atoms with Crippen molar-refractivity contribution < 1.29 is 9.47 Å². The van der Waals surface area contributed by atoms with Crippen LogP contribution in [0.25, 0.3) is 0 Å². The van der Waals surface area contributed by atoms with Crippen LogP contribution in [0, 0.1) is 11.3 Å². The van der Waals surface area contributed by atoms with E-state index in [2.05, 4.69) is 24.2 Å². The van der Waals surface area contributed by atoms with E-state index < -0.39 is 0 Å². The number of anilines is 1. The summed E-state index contributed by atoms with van der Waals surface area (Å²) in [7, 11) is 3.23. The van der Waals surface area contributed by atoms with E-state index in [4.69, 9.17) is 15.2 Å². The molecule has 0 aromatic heterocycles. The van der Waals surface area contributed by atoms with Crippen molar-refractivity contribution in [2.24, 2.45) is 22.1 Å². The van der Waals surface area contributed by atoms with Crippen LogP contribution in [0.5, 0.6) is 11.5 Å². The molecular formula is C18H29N3O2. The summed E-state index contributed by atoms with van der Waals surface area (Å²) >= 11 is 0. The highest BCUT2D eigenvalue weighted by atomic mass is 16.5. The summed E-state index contributed by atoms with van der Waals surface area (Å²) < 4.78 is 10.5. The van der Waals surface area contributed by atoms with E-state index in [1.807, 2.05) is 18.2 Å². The highest BCUT2D eigenvalue weighted by Crippen LogP contribution is 2.38. The second kappa shape index (κ2) is 7.57. The van der Waals surface area contributed by atoms with Gasteiger partial charge in [-0.25, -0.2) is 0 Å². The molecular weight excluding hydrogens is 290 g/mol. The number of hydrogen-bond acceptors (Lipinski definition) is 3. The van der Waals surface area contributed by atoms with E-state index in [9.17, 15) is 0 Å². The minimum atomic E-state index is 0.446. The van der Waals surface area contributed by atoms with Crippen molar-refractivity contribution in [2.75, 3.05) is 26.1 Å². The fourth-order valence-electron chi connectivity index (χ4n) is 2.97. The molecule has 0 atom stereocenters. The summed E-state index contributed by atoms with van der Waals surface area (Å²) in [6, 6.07) is 5.59. The van der Waals surface area contributed by atoms with Gasteiger partial charge in [-0.05, 0) is 49.1 Å². The Balaban J connectivity index is 1.90. The smallest absolute Gasteiger partial charge is 0.193 e. The minimum absolute atomic E-state index is 0.446. The van der Waals surface area contributed by atoms with Crippen LogP contribution < -0.4 is 20.5 Å². The third-order valence-electron chi connectivity index (χ3n) is 4.63. The van der Waals surface area contributed by atoms with Crippen LogP contribution in [0.15, 0.2) is 23.2 Å². The second-order valence-electron chi connectivity index (χ2n) is 7.03. The van der Waals surface area contributed by atoms with E-state index in [1.165, 1.54) is 25.7 Å². The Morgan fingerprint density at radius 2 is 1.87 bits per heavy atom. The quantitative estimate of drug-likeness (QED) is 0.642. The molecule has 23 heavy (non-hydrogen) atoms. The molecule has 1 fully saturated rings. The molecule has 3 N–H and O–H groups in total. The number of hydrogen-bond donors (Lipinski definition) is 2. The highest BCUT2D eigenvalue weighted by Gasteiger charge is 2.26. The van der Waals surface area contributed by atoms with Crippen molar-refractivity contribution in [2.45, 2.75) is 39.5 Å². The molecule has 0 saturated heterocycles. The van der Waals surface area contributed by atoms with E-state index in [0.717, 1.165) is 12.2 Å². The van der Waals surface area contributed by atoms with Crippen molar-refractivity contribution >= 4 is 11.6 Å². The monoisotopic (exact) mass is 319 g/mol. The first-order chi connectivity index (χ1) is 10.9. The van der Waals surface area contributed by atoms with Gasteiger partial charge in [0.25, 0.3) is 0 Å². The highest BCUT2D eigenvalue weighted by molar-refractivity contribution is 5.92. The zero-order chi connectivity index (χ0) is 16.9. The van der Waals surface area contributed by atoms with Crippen molar-refractivity contribution in [1.82, 2.24) is 0 Å². The number of rotatable bonds is 5. The molecule has 0 spiro atoms. The number of aliphatic imine (C=N–C) groups is 1. The third kappa shape index (κ3) is 5.05.